The average Bonchev–Trinajstić information content (AvgIpc) is 3.16. The van der Waals surface area contributed by atoms with E-state index in [1.54, 1.807) is 0 Å². The fourth-order valence-electron chi connectivity index (χ4n) is 8.12. The van der Waals surface area contributed by atoms with Gasteiger partial charge in [0.25, 0.3) is 0 Å². The SMILES string of the molecule is c1ccc(-c2cccc3cccc(-c4cc(-c5cccc6cccc(-c7ccccc7)c56)c5ccc6cccc7ccc4c5c76)c23)cc1. The minimum Gasteiger partial charge on any atom is -0.0622 e. The molecule has 0 radical (unpaired) electrons. The summed E-state index contributed by atoms with van der Waals surface area (Å²) in [5.41, 5.74) is 10.0. The summed E-state index contributed by atoms with van der Waals surface area (Å²) >= 11 is 0. The summed E-state index contributed by atoms with van der Waals surface area (Å²) in [6.45, 7) is 0. The van der Waals surface area contributed by atoms with Gasteiger partial charge in [-0.2, -0.15) is 0 Å². The highest BCUT2D eigenvalue weighted by molar-refractivity contribution is 6.30. The Hall–Kier alpha value is -6.24. The van der Waals surface area contributed by atoms with Crippen molar-refractivity contribution in [2.45, 2.75) is 0 Å². The lowest BCUT2D eigenvalue weighted by molar-refractivity contribution is 1.63. The molecule has 10 aromatic rings. The van der Waals surface area contributed by atoms with Crippen LogP contribution in [-0.4, -0.2) is 0 Å². The van der Waals surface area contributed by atoms with Crippen LogP contribution in [0, 0.1) is 0 Å². The minimum atomic E-state index is 1.23. The van der Waals surface area contributed by atoms with E-state index in [0.717, 1.165) is 0 Å². The predicted octanol–water partition coefficient (Wildman–Crippen LogP) is 13.6. The molecular weight excluding hydrogens is 577 g/mol. The molecular formula is C48H30. The molecule has 222 valence electrons. The van der Waals surface area contributed by atoms with E-state index in [4.69, 9.17) is 0 Å². The molecule has 0 heterocycles. The van der Waals surface area contributed by atoms with Crippen molar-refractivity contribution in [2.24, 2.45) is 0 Å². The second-order valence-corrected chi connectivity index (χ2v) is 12.8. The number of rotatable bonds is 4. The van der Waals surface area contributed by atoms with Gasteiger partial charge in [0.1, 0.15) is 0 Å². The van der Waals surface area contributed by atoms with E-state index in [1.807, 2.05) is 0 Å². The largest absolute Gasteiger partial charge is 0.0622 e. The first-order valence-electron chi connectivity index (χ1n) is 16.7. The lowest BCUT2D eigenvalue weighted by atomic mass is 9.82. The van der Waals surface area contributed by atoms with Gasteiger partial charge < -0.3 is 0 Å². The molecule has 10 aromatic carbocycles. The van der Waals surface area contributed by atoms with Gasteiger partial charge in [0.15, 0.2) is 0 Å². The van der Waals surface area contributed by atoms with Crippen molar-refractivity contribution in [3.05, 3.63) is 182 Å². The van der Waals surface area contributed by atoms with Crippen molar-refractivity contribution in [1.82, 2.24) is 0 Å². The Morgan fingerprint density at radius 3 is 1.02 bits per heavy atom. The summed E-state index contributed by atoms with van der Waals surface area (Å²) in [6.07, 6.45) is 0. The molecule has 0 bridgehead atoms. The van der Waals surface area contributed by atoms with Crippen LogP contribution in [0.25, 0.3) is 98.4 Å². The van der Waals surface area contributed by atoms with Gasteiger partial charge in [-0.25, -0.2) is 0 Å². The normalized spacial score (nSPS) is 11.8. The maximum Gasteiger partial charge on any atom is -0.00143 e. The van der Waals surface area contributed by atoms with Gasteiger partial charge in [0.2, 0.25) is 0 Å². The number of hydrogen-bond donors (Lipinski definition) is 0. The predicted molar refractivity (Wildman–Crippen MR) is 207 cm³/mol. The average molecular weight is 607 g/mol. The van der Waals surface area contributed by atoms with Gasteiger partial charge in [-0.1, -0.05) is 176 Å². The summed E-state index contributed by atoms with van der Waals surface area (Å²) in [5, 5.41) is 12.9. The molecule has 0 amide bonds. The second-order valence-electron chi connectivity index (χ2n) is 12.8. The standard InChI is InChI=1S/C48H30/c1-3-12-31(13-4-1)37-22-8-18-33-20-10-24-39(46(33)37)43-30-44(42-29-27-36-17-7-16-35-26-28-41(43)48(42)45(35)36)40-25-11-21-34-19-9-23-38(47(34)40)32-14-5-2-6-15-32/h1-30H. The van der Waals surface area contributed by atoms with Crippen LogP contribution in [0.15, 0.2) is 182 Å². The summed E-state index contributed by atoms with van der Waals surface area (Å²) in [5.74, 6) is 0. The van der Waals surface area contributed by atoms with Crippen LogP contribution >= 0.6 is 0 Å². The lowest BCUT2D eigenvalue weighted by Crippen LogP contribution is -1.94. The van der Waals surface area contributed by atoms with Crippen molar-refractivity contribution in [2.75, 3.05) is 0 Å². The highest BCUT2D eigenvalue weighted by Crippen LogP contribution is 2.48. The fraction of sp³-hybridized carbons (Fsp3) is 0. The first-order chi connectivity index (χ1) is 23.8. The molecule has 0 nitrogen and oxygen atoms in total. The molecule has 0 aliphatic heterocycles. The Kier molecular flexibility index (Phi) is 5.98. The molecule has 0 saturated heterocycles. The van der Waals surface area contributed by atoms with Crippen LogP contribution in [0.4, 0.5) is 0 Å². The third kappa shape index (κ3) is 4.03. The van der Waals surface area contributed by atoms with Crippen molar-refractivity contribution in [3.63, 3.8) is 0 Å². The van der Waals surface area contributed by atoms with Crippen LogP contribution < -0.4 is 0 Å². The summed E-state index contributed by atoms with van der Waals surface area (Å²) in [4.78, 5) is 0. The Bertz CT molecular complexity index is 2610. The van der Waals surface area contributed by atoms with Crippen LogP contribution in [-0.2, 0) is 0 Å². The number of hydrogen-bond acceptors (Lipinski definition) is 0. The van der Waals surface area contributed by atoms with Crippen molar-refractivity contribution < 1.29 is 0 Å². The molecule has 10 rings (SSSR count). The summed E-state index contributed by atoms with van der Waals surface area (Å²) < 4.78 is 0. The van der Waals surface area contributed by atoms with E-state index in [1.165, 1.54) is 98.4 Å². The maximum atomic E-state index is 2.48. The maximum absolute atomic E-state index is 2.48. The van der Waals surface area contributed by atoms with Crippen LogP contribution in [0.5, 0.6) is 0 Å². The molecule has 0 saturated carbocycles. The fourth-order valence-corrected chi connectivity index (χ4v) is 8.12. The monoisotopic (exact) mass is 606 g/mol. The molecule has 0 unspecified atom stereocenters. The van der Waals surface area contributed by atoms with Crippen molar-refractivity contribution in [3.8, 4) is 44.5 Å². The molecule has 0 spiro atoms. The number of benzene rings is 10. The van der Waals surface area contributed by atoms with Gasteiger partial charge in [-0.05, 0) is 104 Å². The van der Waals surface area contributed by atoms with E-state index >= 15 is 0 Å². The van der Waals surface area contributed by atoms with Crippen molar-refractivity contribution >= 4 is 53.9 Å². The lowest BCUT2D eigenvalue weighted by Gasteiger charge is -2.21. The highest BCUT2D eigenvalue weighted by Gasteiger charge is 2.20. The Morgan fingerprint density at radius 1 is 0.208 bits per heavy atom. The Morgan fingerprint density at radius 2 is 0.583 bits per heavy atom. The molecule has 0 aliphatic carbocycles. The number of fused-ring (bicyclic) bond motifs is 2. The first kappa shape index (κ1) is 26.9. The Labute approximate surface area is 279 Å². The molecule has 48 heavy (non-hydrogen) atoms. The minimum absolute atomic E-state index is 1.23. The van der Waals surface area contributed by atoms with Gasteiger partial charge in [0.05, 0.1) is 0 Å². The third-order valence-electron chi connectivity index (χ3n) is 10.2. The van der Waals surface area contributed by atoms with Crippen molar-refractivity contribution in [1.29, 1.82) is 0 Å². The zero-order chi connectivity index (χ0) is 31.6. The van der Waals surface area contributed by atoms with Crippen LogP contribution in [0.2, 0.25) is 0 Å². The topological polar surface area (TPSA) is 0 Å². The first-order valence-corrected chi connectivity index (χ1v) is 16.7. The highest BCUT2D eigenvalue weighted by atomic mass is 14.2. The van der Waals surface area contributed by atoms with E-state index in [0.29, 0.717) is 0 Å². The summed E-state index contributed by atoms with van der Waals surface area (Å²) in [7, 11) is 0. The molecule has 0 fully saturated rings. The molecule has 0 aliphatic rings. The van der Waals surface area contributed by atoms with E-state index in [-0.39, 0.29) is 0 Å². The van der Waals surface area contributed by atoms with E-state index in [2.05, 4.69) is 182 Å². The smallest absolute Gasteiger partial charge is 0.00143 e. The molecule has 0 N–H and O–H groups in total. The van der Waals surface area contributed by atoms with Crippen LogP contribution in [0.3, 0.4) is 0 Å². The molecule has 0 heteroatoms. The van der Waals surface area contributed by atoms with Gasteiger partial charge in [-0.3, -0.25) is 0 Å². The summed E-state index contributed by atoms with van der Waals surface area (Å²) in [6, 6.07) is 67.1. The molecule has 0 aromatic heterocycles. The van der Waals surface area contributed by atoms with Gasteiger partial charge in [0, 0.05) is 0 Å². The third-order valence-corrected chi connectivity index (χ3v) is 10.2. The molecule has 0 atom stereocenters. The quantitative estimate of drug-likeness (QED) is 0.175. The zero-order valence-electron chi connectivity index (χ0n) is 26.3. The van der Waals surface area contributed by atoms with E-state index < -0.39 is 0 Å². The zero-order valence-corrected chi connectivity index (χ0v) is 26.3. The van der Waals surface area contributed by atoms with Gasteiger partial charge >= 0.3 is 0 Å². The van der Waals surface area contributed by atoms with E-state index in [9.17, 15) is 0 Å². The van der Waals surface area contributed by atoms with Crippen LogP contribution in [0.1, 0.15) is 0 Å². The Balaban J connectivity index is 1.39. The second kappa shape index (κ2) is 10.7. The van der Waals surface area contributed by atoms with Gasteiger partial charge in [-0.15, -0.1) is 0 Å².